The van der Waals surface area contributed by atoms with E-state index in [0.717, 1.165) is 23.2 Å². The molecular weight excluding hydrogens is 218 g/mol. The highest BCUT2D eigenvalue weighted by atomic mass is 16.5. The van der Waals surface area contributed by atoms with Crippen molar-refractivity contribution in [3.8, 4) is 11.3 Å². The lowest BCUT2D eigenvalue weighted by Gasteiger charge is -2.16. The van der Waals surface area contributed by atoms with E-state index < -0.39 is 0 Å². The van der Waals surface area contributed by atoms with Crippen LogP contribution in [-0.2, 0) is 11.2 Å². The molecule has 0 atom stereocenters. The summed E-state index contributed by atoms with van der Waals surface area (Å²) < 4.78 is 5.08. The van der Waals surface area contributed by atoms with E-state index in [1.165, 1.54) is 0 Å². The van der Waals surface area contributed by atoms with Gasteiger partial charge in [-0.25, -0.2) is 0 Å². The number of aromatic nitrogens is 1. The van der Waals surface area contributed by atoms with E-state index in [2.05, 4.69) is 10.5 Å². The first-order valence-electron chi connectivity index (χ1n) is 5.38. The van der Waals surface area contributed by atoms with Crippen LogP contribution in [0.2, 0.25) is 0 Å². The van der Waals surface area contributed by atoms with Gasteiger partial charge in [-0.15, -0.1) is 0 Å². The van der Waals surface area contributed by atoms with Crippen LogP contribution in [0.15, 0.2) is 28.8 Å². The summed E-state index contributed by atoms with van der Waals surface area (Å²) in [5.41, 5.74) is 8.34. The molecule has 1 amide bonds. The molecule has 86 valence electrons. The highest BCUT2D eigenvalue weighted by Crippen LogP contribution is 2.29. The zero-order chi connectivity index (χ0) is 11.8. The Labute approximate surface area is 97.6 Å². The molecule has 1 aromatic heterocycles. The monoisotopic (exact) mass is 229 g/mol. The molecule has 2 heterocycles. The lowest BCUT2D eigenvalue weighted by Crippen LogP contribution is -2.18. The van der Waals surface area contributed by atoms with Crippen molar-refractivity contribution in [1.29, 1.82) is 0 Å². The first-order chi connectivity index (χ1) is 8.22. The molecule has 0 unspecified atom stereocenters. The highest BCUT2D eigenvalue weighted by molar-refractivity contribution is 5.94. The van der Waals surface area contributed by atoms with Gasteiger partial charge in [0.2, 0.25) is 5.91 Å². The van der Waals surface area contributed by atoms with E-state index in [1.54, 1.807) is 6.07 Å². The molecule has 0 saturated heterocycles. The number of fused-ring (bicyclic) bond motifs is 1. The lowest BCUT2D eigenvalue weighted by molar-refractivity contribution is -0.116. The van der Waals surface area contributed by atoms with Crippen LogP contribution in [0.3, 0.4) is 0 Å². The third-order valence-corrected chi connectivity index (χ3v) is 2.82. The highest BCUT2D eigenvalue weighted by Gasteiger charge is 2.16. The summed E-state index contributed by atoms with van der Waals surface area (Å²) in [5, 5.41) is 6.48. The van der Waals surface area contributed by atoms with Gasteiger partial charge >= 0.3 is 0 Å². The summed E-state index contributed by atoms with van der Waals surface area (Å²) in [6.07, 6.45) is 1.32. The third kappa shape index (κ3) is 1.75. The smallest absolute Gasteiger partial charge is 0.224 e. The van der Waals surface area contributed by atoms with Gasteiger partial charge in [0.15, 0.2) is 11.6 Å². The number of hydrogen-bond donors (Lipinski definition) is 2. The lowest BCUT2D eigenvalue weighted by atomic mass is 10.00. The predicted molar refractivity (Wildman–Crippen MR) is 63.3 cm³/mol. The first kappa shape index (κ1) is 9.89. The Morgan fingerprint density at radius 1 is 1.29 bits per heavy atom. The summed E-state index contributed by atoms with van der Waals surface area (Å²) >= 11 is 0. The maximum atomic E-state index is 11.3. The van der Waals surface area contributed by atoms with Crippen LogP contribution in [0, 0.1) is 0 Å². The zero-order valence-electron chi connectivity index (χ0n) is 9.06. The number of carbonyl (C=O) groups excluding carboxylic acids is 1. The Morgan fingerprint density at radius 3 is 2.94 bits per heavy atom. The van der Waals surface area contributed by atoms with Crippen LogP contribution in [0.4, 0.5) is 11.5 Å². The molecule has 0 radical (unpaired) electrons. The normalized spacial score (nSPS) is 14.2. The van der Waals surface area contributed by atoms with Crippen molar-refractivity contribution in [1.82, 2.24) is 5.16 Å². The van der Waals surface area contributed by atoms with Crippen molar-refractivity contribution in [2.75, 3.05) is 11.1 Å². The molecule has 0 saturated carbocycles. The number of aryl methyl sites for hydroxylation is 1. The van der Waals surface area contributed by atoms with Crippen molar-refractivity contribution in [2.24, 2.45) is 0 Å². The minimum atomic E-state index is 0.0479. The minimum Gasteiger partial charge on any atom is -0.381 e. The number of nitrogens with one attached hydrogen (secondary N) is 1. The molecule has 0 aliphatic carbocycles. The molecule has 3 N–H and O–H groups in total. The number of amides is 1. The van der Waals surface area contributed by atoms with Crippen LogP contribution >= 0.6 is 0 Å². The van der Waals surface area contributed by atoms with Gasteiger partial charge in [0.25, 0.3) is 0 Å². The summed E-state index contributed by atoms with van der Waals surface area (Å²) in [4.78, 5) is 11.3. The summed E-state index contributed by atoms with van der Waals surface area (Å²) in [6.45, 7) is 0. The Kier molecular flexibility index (Phi) is 2.11. The minimum absolute atomic E-state index is 0.0479. The Bertz CT molecular complexity index is 589. The van der Waals surface area contributed by atoms with Crippen molar-refractivity contribution in [2.45, 2.75) is 12.8 Å². The van der Waals surface area contributed by atoms with Gasteiger partial charge in [-0.2, -0.15) is 0 Å². The van der Waals surface area contributed by atoms with Crippen LogP contribution in [-0.4, -0.2) is 11.1 Å². The number of anilines is 2. The fourth-order valence-electron chi connectivity index (χ4n) is 1.95. The van der Waals surface area contributed by atoms with E-state index in [4.69, 9.17) is 10.3 Å². The quantitative estimate of drug-likeness (QED) is 0.781. The third-order valence-electron chi connectivity index (χ3n) is 2.82. The van der Waals surface area contributed by atoms with E-state index in [9.17, 15) is 4.79 Å². The van der Waals surface area contributed by atoms with Crippen LogP contribution in [0.1, 0.15) is 12.0 Å². The molecule has 2 aromatic rings. The van der Waals surface area contributed by atoms with Gasteiger partial charge in [0, 0.05) is 23.7 Å². The van der Waals surface area contributed by atoms with Gasteiger partial charge in [-0.05, 0) is 18.1 Å². The molecule has 1 aliphatic rings. The van der Waals surface area contributed by atoms with Gasteiger partial charge in [0.05, 0.1) is 0 Å². The maximum Gasteiger partial charge on any atom is 0.224 e. The molecule has 0 bridgehead atoms. The number of carbonyl (C=O) groups is 1. The van der Waals surface area contributed by atoms with Gasteiger partial charge in [0.1, 0.15) is 0 Å². The molecule has 1 aromatic carbocycles. The molecule has 17 heavy (non-hydrogen) atoms. The van der Waals surface area contributed by atoms with Gasteiger partial charge in [-0.3, -0.25) is 4.79 Å². The zero-order valence-corrected chi connectivity index (χ0v) is 9.06. The summed E-state index contributed by atoms with van der Waals surface area (Å²) in [7, 11) is 0. The van der Waals surface area contributed by atoms with Crippen molar-refractivity contribution >= 4 is 17.4 Å². The second kappa shape index (κ2) is 3.62. The Balaban J connectivity index is 2.03. The number of nitrogens with two attached hydrogens (primary N) is 1. The SMILES string of the molecule is Nc1cc(-c2ccc3c(c2)NC(=O)CC3)on1. The largest absolute Gasteiger partial charge is 0.381 e. The Hall–Kier alpha value is -2.30. The van der Waals surface area contributed by atoms with Gasteiger partial charge < -0.3 is 15.6 Å². The van der Waals surface area contributed by atoms with Crippen LogP contribution in [0.25, 0.3) is 11.3 Å². The second-order valence-electron chi connectivity index (χ2n) is 4.04. The predicted octanol–water partition coefficient (Wildman–Crippen LogP) is 1.81. The molecule has 1 aliphatic heterocycles. The summed E-state index contributed by atoms with van der Waals surface area (Å²) in [6, 6.07) is 7.47. The fraction of sp³-hybridized carbons (Fsp3) is 0.167. The molecule has 3 rings (SSSR count). The first-order valence-corrected chi connectivity index (χ1v) is 5.38. The van der Waals surface area contributed by atoms with Crippen LogP contribution in [0.5, 0.6) is 0 Å². The number of rotatable bonds is 1. The fourth-order valence-corrected chi connectivity index (χ4v) is 1.95. The average Bonchev–Trinajstić information content (AvgIpc) is 2.75. The van der Waals surface area contributed by atoms with Crippen molar-refractivity contribution in [3.05, 3.63) is 29.8 Å². The van der Waals surface area contributed by atoms with Gasteiger partial charge in [-0.1, -0.05) is 17.3 Å². The number of benzene rings is 1. The van der Waals surface area contributed by atoms with Crippen LogP contribution < -0.4 is 11.1 Å². The second-order valence-corrected chi connectivity index (χ2v) is 4.04. The molecule has 0 fully saturated rings. The van der Waals surface area contributed by atoms with Crippen molar-refractivity contribution in [3.63, 3.8) is 0 Å². The molecule has 5 heteroatoms. The van der Waals surface area contributed by atoms with E-state index in [-0.39, 0.29) is 5.91 Å². The molecule has 5 nitrogen and oxygen atoms in total. The average molecular weight is 229 g/mol. The Morgan fingerprint density at radius 2 is 2.18 bits per heavy atom. The van der Waals surface area contributed by atoms with E-state index in [0.29, 0.717) is 18.0 Å². The number of hydrogen-bond acceptors (Lipinski definition) is 4. The van der Waals surface area contributed by atoms with E-state index >= 15 is 0 Å². The summed E-state index contributed by atoms with van der Waals surface area (Å²) in [5.74, 6) is 0.999. The molecule has 0 spiro atoms. The topological polar surface area (TPSA) is 81.1 Å². The standard InChI is InChI=1S/C12H11N3O2/c13-11-6-10(17-15-11)8-2-1-7-3-4-12(16)14-9(7)5-8/h1-2,5-6H,3-4H2,(H2,13,15)(H,14,16). The van der Waals surface area contributed by atoms with Crippen molar-refractivity contribution < 1.29 is 9.32 Å². The number of nitrogen functional groups attached to an aromatic ring is 1. The van der Waals surface area contributed by atoms with E-state index in [1.807, 2.05) is 18.2 Å². The molecular formula is C12H11N3O2. The maximum absolute atomic E-state index is 11.3. The number of nitrogens with zero attached hydrogens (tertiary/aromatic N) is 1.